The van der Waals surface area contributed by atoms with Gasteiger partial charge >= 0.3 is 12.3 Å². The molecule has 0 spiro atoms. The van der Waals surface area contributed by atoms with Crippen LogP contribution in [-0.4, -0.2) is 17.9 Å². The minimum atomic E-state index is -4.87. The minimum Gasteiger partial charge on any atom is -0.484 e. The van der Waals surface area contributed by atoms with Crippen molar-refractivity contribution in [2.45, 2.75) is 51.5 Å². The molecule has 0 N–H and O–H groups in total. The van der Waals surface area contributed by atoms with Gasteiger partial charge in [0.15, 0.2) is 11.5 Å². The van der Waals surface area contributed by atoms with Crippen LogP contribution in [0.15, 0.2) is 48.5 Å². The maximum atomic E-state index is 13.0. The summed E-state index contributed by atoms with van der Waals surface area (Å²) in [6, 6.07) is 12.1. The van der Waals surface area contributed by atoms with Gasteiger partial charge in [0.05, 0.1) is 5.56 Å². The summed E-state index contributed by atoms with van der Waals surface area (Å²) >= 11 is 0. The molecule has 4 nitrogen and oxygen atoms in total. The van der Waals surface area contributed by atoms with Gasteiger partial charge in [-0.1, -0.05) is 24.6 Å². The van der Waals surface area contributed by atoms with E-state index >= 15 is 0 Å². The number of carbonyl (C=O) groups is 1. The summed E-state index contributed by atoms with van der Waals surface area (Å²) in [4.78, 5) is 12.5. The first-order valence-electron chi connectivity index (χ1n) is 10.5. The molecule has 0 aromatic heterocycles. The van der Waals surface area contributed by atoms with Crippen LogP contribution in [0.5, 0.6) is 17.2 Å². The zero-order valence-corrected chi connectivity index (χ0v) is 17.4. The molecule has 0 saturated heterocycles. The summed E-state index contributed by atoms with van der Waals surface area (Å²) < 4.78 is 54.5. The fraction of sp³-hybridized carbons (Fsp3) is 0.458. The number of hydrogen-bond donors (Lipinski definition) is 0. The molecule has 3 atom stereocenters. The van der Waals surface area contributed by atoms with Crippen LogP contribution in [0.25, 0.3) is 0 Å². The molecular weight excluding hydrogens is 409 g/mol. The van der Waals surface area contributed by atoms with Gasteiger partial charge in [-0.3, -0.25) is 0 Å². The second-order valence-electron chi connectivity index (χ2n) is 8.90. The highest BCUT2D eigenvalue weighted by atomic mass is 19.4. The van der Waals surface area contributed by atoms with Crippen LogP contribution >= 0.6 is 0 Å². The Labute approximate surface area is 179 Å². The molecule has 3 unspecified atom stereocenters. The van der Waals surface area contributed by atoms with E-state index in [1.807, 2.05) is 13.8 Å². The number of carbonyl (C=O) groups excluding carboxylic acids is 1. The van der Waals surface area contributed by atoms with E-state index in [0.717, 1.165) is 25.3 Å². The van der Waals surface area contributed by atoms with E-state index in [1.165, 1.54) is 18.6 Å². The summed E-state index contributed by atoms with van der Waals surface area (Å²) in [5.41, 5.74) is -0.622. The zero-order chi connectivity index (χ0) is 22.2. The van der Waals surface area contributed by atoms with Crippen LogP contribution in [0, 0.1) is 17.8 Å². The third kappa shape index (κ3) is 4.97. The van der Waals surface area contributed by atoms with E-state index < -0.39 is 23.7 Å². The fourth-order valence-electron chi connectivity index (χ4n) is 5.03. The lowest BCUT2D eigenvalue weighted by molar-refractivity contribution is -0.275. The predicted molar refractivity (Wildman–Crippen MR) is 108 cm³/mol. The molecule has 2 aromatic carbocycles. The number of rotatable bonds is 6. The second-order valence-corrected chi connectivity index (χ2v) is 8.90. The van der Waals surface area contributed by atoms with E-state index in [-0.39, 0.29) is 17.2 Å². The average molecular weight is 434 g/mol. The Kier molecular flexibility index (Phi) is 5.62. The van der Waals surface area contributed by atoms with Crippen molar-refractivity contribution >= 4 is 5.97 Å². The van der Waals surface area contributed by atoms with Gasteiger partial charge in [0.2, 0.25) is 0 Å². The lowest BCUT2D eigenvalue weighted by Crippen LogP contribution is -2.40. The topological polar surface area (TPSA) is 44.8 Å². The van der Waals surface area contributed by atoms with E-state index in [4.69, 9.17) is 9.47 Å². The van der Waals surface area contributed by atoms with Crippen LogP contribution in [-0.2, 0) is 0 Å². The Balaban J connectivity index is 1.60. The molecule has 0 aliphatic heterocycles. The highest BCUT2D eigenvalue weighted by Crippen LogP contribution is 2.53. The summed E-state index contributed by atoms with van der Waals surface area (Å²) in [7, 11) is 0. The van der Waals surface area contributed by atoms with Gasteiger partial charge in [-0.05, 0) is 75.3 Å². The van der Waals surface area contributed by atoms with Crippen molar-refractivity contribution in [2.75, 3.05) is 0 Å². The highest BCUT2D eigenvalue weighted by molar-refractivity contribution is 5.91. The molecule has 7 heteroatoms. The lowest BCUT2D eigenvalue weighted by Gasteiger charge is -2.38. The minimum absolute atomic E-state index is 0.0807. The molecule has 2 aliphatic rings. The Bertz CT molecular complexity index is 940. The first kappa shape index (κ1) is 21.5. The molecule has 0 radical (unpaired) electrons. The van der Waals surface area contributed by atoms with Crippen molar-refractivity contribution in [3.05, 3.63) is 54.1 Å². The van der Waals surface area contributed by atoms with Crippen molar-refractivity contribution in [3.63, 3.8) is 0 Å². The first-order valence-corrected chi connectivity index (χ1v) is 10.5. The van der Waals surface area contributed by atoms with E-state index in [0.29, 0.717) is 17.6 Å². The summed E-state index contributed by atoms with van der Waals surface area (Å²) in [5.74, 6) is 0.479. The van der Waals surface area contributed by atoms with Gasteiger partial charge in [0, 0.05) is 5.92 Å². The van der Waals surface area contributed by atoms with Crippen LogP contribution < -0.4 is 14.2 Å². The van der Waals surface area contributed by atoms with Gasteiger partial charge < -0.3 is 14.2 Å². The quantitative estimate of drug-likeness (QED) is 0.390. The van der Waals surface area contributed by atoms with E-state index in [2.05, 4.69) is 4.74 Å². The van der Waals surface area contributed by atoms with E-state index in [9.17, 15) is 18.0 Å². The predicted octanol–water partition coefficient (Wildman–Crippen LogP) is 6.40. The number of benzene rings is 2. The van der Waals surface area contributed by atoms with Crippen molar-refractivity contribution in [2.24, 2.45) is 17.8 Å². The number of para-hydroxylation sites is 1. The molecule has 2 saturated carbocycles. The SMILES string of the molecule is CC(C)(Oc1cc(C(=O)Oc2ccccc2)ccc1OC(F)(F)F)C1CC2CCC1C2. The van der Waals surface area contributed by atoms with Crippen LogP contribution in [0.2, 0.25) is 0 Å². The molecule has 2 fully saturated rings. The number of hydrogen-bond acceptors (Lipinski definition) is 4. The smallest absolute Gasteiger partial charge is 0.484 e. The first-order chi connectivity index (χ1) is 14.6. The molecule has 2 aliphatic carbocycles. The third-order valence-corrected chi connectivity index (χ3v) is 6.36. The van der Waals surface area contributed by atoms with Gasteiger partial charge in [-0.15, -0.1) is 13.2 Å². The average Bonchev–Trinajstić information content (AvgIpc) is 3.33. The van der Waals surface area contributed by atoms with Crippen LogP contribution in [0.1, 0.15) is 49.9 Å². The van der Waals surface area contributed by atoms with Gasteiger partial charge in [0.25, 0.3) is 0 Å². The lowest BCUT2D eigenvalue weighted by atomic mass is 9.78. The number of esters is 1. The molecular formula is C24H25F3O4. The van der Waals surface area contributed by atoms with Crippen molar-refractivity contribution in [1.29, 1.82) is 0 Å². The molecule has 2 bridgehead atoms. The summed E-state index contributed by atoms with van der Waals surface area (Å²) in [6.07, 6.45) is -0.394. The molecule has 4 rings (SSSR count). The molecule has 31 heavy (non-hydrogen) atoms. The molecule has 0 amide bonds. The number of fused-ring (bicyclic) bond motifs is 2. The number of halogens is 3. The fourth-order valence-corrected chi connectivity index (χ4v) is 5.03. The second kappa shape index (κ2) is 8.09. The highest BCUT2D eigenvalue weighted by Gasteiger charge is 2.48. The third-order valence-electron chi connectivity index (χ3n) is 6.36. The van der Waals surface area contributed by atoms with Crippen molar-refractivity contribution in [1.82, 2.24) is 0 Å². The van der Waals surface area contributed by atoms with Gasteiger partial charge in [-0.25, -0.2) is 4.79 Å². The molecule has 2 aromatic rings. The molecule has 166 valence electrons. The normalized spacial score (nSPS) is 22.9. The number of alkyl halides is 3. The monoisotopic (exact) mass is 434 g/mol. The van der Waals surface area contributed by atoms with Crippen molar-refractivity contribution in [3.8, 4) is 17.2 Å². The van der Waals surface area contributed by atoms with E-state index in [1.54, 1.807) is 30.3 Å². The van der Waals surface area contributed by atoms with Crippen molar-refractivity contribution < 1.29 is 32.2 Å². The number of ether oxygens (including phenoxy) is 3. The van der Waals surface area contributed by atoms with Gasteiger partial charge in [-0.2, -0.15) is 0 Å². The maximum absolute atomic E-state index is 13.0. The summed E-state index contributed by atoms with van der Waals surface area (Å²) in [5, 5.41) is 0. The Morgan fingerprint density at radius 2 is 1.68 bits per heavy atom. The largest absolute Gasteiger partial charge is 0.573 e. The van der Waals surface area contributed by atoms with Crippen LogP contribution in [0.4, 0.5) is 13.2 Å². The summed E-state index contributed by atoms with van der Waals surface area (Å²) in [6.45, 7) is 3.79. The Morgan fingerprint density at radius 1 is 0.935 bits per heavy atom. The Hall–Kier alpha value is -2.70. The van der Waals surface area contributed by atoms with Crippen LogP contribution in [0.3, 0.4) is 0 Å². The van der Waals surface area contributed by atoms with Gasteiger partial charge in [0.1, 0.15) is 11.4 Å². The standard InChI is InChI=1S/C24H25F3O4/c1-23(2,19-13-15-8-9-16(19)12-15)30-21-14-17(10-11-20(21)31-24(25,26)27)22(28)29-18-6-4-3-5-7-18/h3-7,10-11,14-16,19H,8-9,12-13H2,1-2H3. The Morgan fingerprint density at radius 3 is 2.29 bits per heavy atom. The molecule has 0 heterocycles. The maximum Gasteiger partial charge on any atom is 0.573 e. The zero-order valence-electron chi connectivity index (χ0n) is 17.4.